The van der Waals surface area contributed by atoms with E-state index in [2.05, 4.69) is 20.4 Å². The second-order valence-corrected chi connectivity index (χ2v) is 9.45. The number of nitro groups is 1. The van der Waals surface area contributed by atoms with Crippen molar-refractivity contribution in [3.8, 4) is 17.1 Å². The standard InChI is InChI=1S/C25H30N6O4S/c32-23(26-13-14-29-15-17-35-18-16-29)8-4-5-19-36-25-28-27-24(30(25)21-6-2-1-3-7-21)20-9-11-22(12-10-20)31(33)34/h1-3,6-7,9-12H,4-5,8,13-19H2,(H,26,32). The highest BCUT2D eigenvalue weighted by Gasteiger charge is 2.17. The van der Waals surface area contributed by atoms with Crippen molar-refractivity contribution >= 4 is 23.4 Å². The van der Waals surface area contributed by atoms with E-state index in [4.69, 9.17) is 4.74 Å². The second kappa shape index (κ2) is 13.1. The molecule has 10 nitrogen and oxygen atoms in total. The minimum absolute atomic E-state index is 0.0317. The summed E-state index contributed by atoms with van der Waals surface area (Å²) in [6.45, 7) is 4.90. The summed E-state index contributed by atoms with van der Waals surface area (Å²) >= 11 is 1.58. The molecule has 1 N–H and O–H groups in total. The van der Waals surface area contributed by atoms with Crippen LogP contribution in [0.5, 0.6) is 0 Å². The number of ether oxygens (including phenoxy) is 1. The van der Waals surface area contributed by atoms with Crippen molar-refractivity contribution in [2.45, 2.75) is 24.4 Å². The monoisotopic (exact) mass is 510 g/mol. The number of thioether (sulfide) groups is 1. The number of aromatic nitrogens is 3. The van der Waals surface area contributed by atoms with Gasteiger partial charge in [-0.2, -0.15) is 0 Å². The summed E-state index contributed by atoms with van der Waals surface area (Å²) in [5.41, 5.74) is 1.69. The van der Waals surface area contributed by atoms with Crippen LogP contribution in [0, 0.1) is 10.1 Å². The van der Waals surface area contributed by atoms with Crippen molar-refractivity contribution in [3.63, 3.8) is 0 Å². The SMILES string of the molecule is O=C(CCCCSc1nnc(-c2ccc([N+](=O)[O-])cc2)n1-c1ccccc1)NCCN1CCOCC1. The summed E-state index contributed by atoms with van der Waals surface area (Å²) in [5, 5.41) is 23.5. The molecule has 0 unspecified atom stereocenters. The third-order valence-electron chi connectivity index (χ3n) is 5.87. The molecule has 36 heavy (non-hydrogen) atoms. The number of hydrogen-bond donors (Lipinski definition) is 1. The molecular formula is C25H30N6O4S. The molecule has 0 bridgehead atoms. The van der Waals surface area contributed by atoms with Gasteiger partial charge in [0.05, 0.1) is 18.1 Å². The number of carbonyl (C=O) groups excluding carboxylic acids is 1. The largest absolute Gasteiger partial charge is 0.379 e. The Bertz CT molecular complexity index is 1130. The van der Waals surface area contributed by atoms with Gasteiger partial charge in [0.2, 0.25) is 5.91 Å². The number of nitro benzene ring substituents is 1. The van der Waals surface area contributed by atoms with E-state index in [9.17, 15) is 14.9 Å². The maximum absolute atomic E-state index is 12.2. The Kier molecular flexibility index (Phi) is 9.42. The van der Waals surface area contributed by atoms with Crippen LogP contribution in [-0.2, 0) is 9.53 Å². The topological polar surface area (TPSA) is 115 Å². The normalized spacial score (nSPS) is 14.0. The molecule has 0 spiro atoms. The van der Waals surface area contributed by atoms with Gasteiger partial charge in [0.15, 0.2) is 11.0 Å². The lowest BCUT2D eigenvalue weighted by Crippen LogP contribution is -2.41. The van der Waals surface area contributed by atoms with E-state index in [0.29, 0.717) is 18.8 Å². The van der Waals surface area contributed by atoms with E-state index in [-0.39, 0.29) is 11.6 Å². The van der Waals surface area contributed by atoms with Gasteiger partial charge in [-0.05, 0) is 37.1 Å². The molecule has 4 rings (SSSR count). The molecule has 3 aromatic rings. The van der Waals surface area contributed by atoms with Crippen molar-refractivity contribution in [1.29, 1.82) is 0 Å². The average molecular weight is 511 g/mol. The second-order valence-electron chi connectivity index (χ2n) is 8.39. The van der Waals surface area contributed by atoms with Gasteiger partial charge in [-0.15, -0.1) is 10.2 Å². The first-order valence-corrected chi connectivity index (χ1v) is 13.1. The smallest absolute Gasteiger partial charge is 0.269 e. The fourth-order valence-corrected chi connectivity index (χ4v) is 4.86. The number of amides is 1. The summed E-state index contributed by atoms with van der Waals surface area (Å²) in [7, 11) is 0. The van der Waals surface area contributed by atoms with Crippen LogP contribution >= 0.6 is 11.8 Å². The number of non-ortho nitro benzene ring substituents is 1. The van der Waals surface area contributed by atoms with E-state index in [1.807, 2.05) is 34.9 Å². The zero-order valence-corrected chi connectivity index (χ0v) is 20.9. The van der Waals surface area contributed by atoms with Crippen LogP contribution in [0.1, 0.15) is 19.3 Å². The van der Waals surface area contributed by atoms with Crippen LogP contribution in [0.3, 0.4) is 0 Å². The Balaban J connectivity index is 1.29. The Morgan fingerprint density at radius 3 is 2.53 bits per heavy atom. The molecule has 0 atom stereocenters. The number of benzene rings is 2. The summed E-state index contributed by atoms with van der Waals surface area (Å²) in [6, 6.07) is 16.1. The van der Waals surface area contributed by atoms with Crippen LogP contribution in [0.2, 0.25) is 0 Å². The number of carbonyl (C=O) groups is 1. The number of hydrogen-bond acceptors (Lipinski definition) is 8. The molecular weight excluding hydrogens is 480 g/mol. The first-order chi connectivity index (χ1) is 17.6. The van der Waals surface area contributed by atoms with Crippen molar-refractivity contribution < 1.29 is 14.5 Å². The molecule has 0 aliphatic carbocycles. The lowest BCUT2D eigenvalue weighted by molar-refractivity contribution is -0.384. The number of nitrogens with one attached hydrogen (secondary N) is 1. The maximum Gasteiger partial charge on any atom is 0.269 e. The van der Waals surface area contributed by atoms with Gasteiger partial charge in [0, 0.05) is 61.7 Å². The van der Waals surface area contributed by atoms with Crippen LogP contribution in [0.4, 0.5) is 5.69 Å². The first kappa shape index (κ1) is 25.8. The molecule has 1 aromatic heterocycles. The number of rotatable bonds is 12. The van der Waals surface area contributed by atoms with Crippen molar-refractivity contribution in [3.05, 3.63) is 64.7 Å². The molecule has 190 valence electrons. The highest BCUT2D eigenvalue weighted by atomic mass is 32.2. The lowest BCUT2D eigenvalue weighted by Gasteiger charge is -2.26. The predicted molar refractivity (Wildman–Crippen MR) is 138 cm³/mol. The Morgan fingerprint density at radius 1 is 1.06 bits per heavy atom. The quantitative estimate of drug-likeness (QED) is 0.170. The van der Waals surface area contributed by atoms with Crippen LogP contribution in [-0.4, -0.2) is 75.6 Å². The summed E-state index contributed by atoms with van der Waals surface area (Å²) in [4.78, 5) is 25.0. The first-order valence-electron chi connectivity index (χ1n) is 12.1. The molecule has 1 amide bonds. The fraction of sp³-hybridized carbons (Fsp3) is 0.400. The summed E-state index contributed by atoms with van der Waals surface area (Å²) in [5.74, 6) is 1.51. The lowest BCUT2D eigenvalue weighted by atomic mass is 10.2. The zero-order chi connectivity index (χ0) is 25.2. The van der Waals surface area contributed by atoms with Crippen LogP contribution in [0.15, 0.2) is 59.8 Å². The third kappa shape index (κ3) is 7.12. The van der Waals surface area contributed by atoms with Crippen LogP contribution < -0.4 is 5.32 Å². The number of morpholine rings is 1. The summed E-state index contributed by atoms with van der Waals surface area (Å²) in [6.07, 6.45) is 2.17. The minimum Gasteiger partial charge on any atom is -0.379 e. The molecule has 2 aromatic carbocycles. The Labute approximate surface area is 214 Å². The zero-order valence-electron chi connectivity index (χ0n) is 20.0. The number of nitrogens with zero attached hydrogens (tertiary/aromatic N) is 5. The van der Waals surface area contributed by atoms with Gasteiger partial charge in [-0.1, -0.05) is 30.0 Å². The highest BCUT2D eigenvalue weighted by molar-refractivity contribution is 7.99. The summed E-state index contributed by atoms with van der Waals surface area (Å²) < 4.78 is 7.30. The van der Waals surface area contributed by atoms with Gasteiger partial charge in [0.25, 0.3) is 5.69 Å². The number of para-hydroxylation sites is 1. The molecule has 2 heterocycles. The van der Waals surface area contributed by atoms with E-state index in [1.54, 1.807) is 23.9 Å². The molecule has 1 fully saturated rings. The fourth-order valence-electron chi connectivity index (χ4n) is 3.91. The molecule has 1 aliphatic rings. The average Bonchev–Trinajstić information content (AvgIpc) is 3.33. The van der Waals surface area contributed by atoms with Gasteiger partial charge in [-0.3, -0.25) is 24.4 Å². The predicted octanol–water partition coefficient (Wildman–Crippen LogP) is 3.55. The van der Waals surface area contributed by atoms with Gasteiger partial charge >= 0.3 is 0 Å². The Morgan fingerprint density at radius 2 is 1.81 bits per heavy atom. The third-order valence-corrected chi connectivity index (χ3v) is 6.88. The molecule has 0 saturated carbocycles. The number of unbranched alkanes of at least 4 members (excludes halogenated alkanes) is 1. The van der Waals surface area contributed by atoms with E-state index < -0.39 is 4.92 Å². The molecule has 0 radical (unpaired) electrons. The van der Waals surface area contributed by atoms with Gasteiger partial charge in [-0.25, -0.2) is 0 Å². The van der Waals surface area contributed by atoms with Crippen molar-refractivity contribution in [1.82, 2.24) is 25.0 Å². The van der Waals surface area contributed by atoms with E-state index in [0.717, 1.165) is 67.8 Å². The molecule has 1 aliphatic heterocycles. The van der Waals surface area contributed by atoms with Crippen LogP contribution in [0.25, 0.3) is 17.1 Å². The highest BCUT2D eigenvalue weighted by Crippen LogP contribution is 2.29. The van der Waals surface area contributed by atoms with Gasteiger partial charge in [0.1, 0.15) is 0 Å². The van der Waals surface area contributed by atoms with Crippen molar-refractivity contribution in [2.24, 2.45) is 0 Å². The van der Waals surface area contributed by atoms with E-state index >= 15 is 0 Å². The molecule has 1 saturated heterocycles. The Hall–Kier alpha value is -3.28. The minimum atomic E-state index is -0.419. The molecule has 11 heteroatoms. The van der Waals surface area contributed by atoms with Crippen molar-refractivity contribution in [2.75, 3.05) is 45.1 Å². The van der Waals surface area contributed by atoms with Gasteiger partial charge < -0.3 is 10.1 Å². The maximum atomic E-state index is 12.2. The van der Waals surface area contributed by atoms with E-state index in [1.165, 1.54) is 12.1 Å².